The largest absolute Gasteiger partial charge is 0.337 e. The van der Waals surface area contributed by atoms with Gasteiger partial charge < -0.3 is 15.5 Å². The Morgan fingerprint density at radius 2 is 1.90 bits per heavy atom. The highest BCUT2D eigenvalue weighted by Crippen LogP contribution is 2.47. The average Bonchev–Trinajstić information content (AvgIpc) is 3.30. The molecule has 2 fully saturated rings. The summed E-state index contributed by atoms with van der Waals surface area (Å²) >= 11 is 0. The van der Waals surface area contributed by atoms with Crippen molar-refractivity contribution in [3.63, 3.8) is 0 Å². The maximum absolute atomic E-state index is 12.1. The lowest BCUT2D eigenvalue weighted by Gasteiger charge is -2.29. The first-order valence-electron chi connectivity index (χ1n) is 7.96. The van der Waals surface area contributed by atoms with Crippen molar-refractivity contribution in [3.05, 3.63) is 35.9 Å². The van der Waals surface area contributed by atoms with Gasteiger partial charge in [0.15, 0.2) is 0 Å². The van der Waals surface area contributed by atoms with E-state index in [-0.39, 0.29) is 11.4 Å². The maximum Gasteiger partial charge on any atom is 0.315 e. The number of rotatable bonds is 4. The molecule has 1 aromatic carbocycles. The Balaban J connectivity index is 1.46. The molecule has 2 amide bonds. The summed E-state index contributed by atoms with van der Waals surface area (Å²) in [6.07, 6.45) is 4.44. The molecular weight excluding hydrogens is 262 g/mol. The van der Waals surface area contributed by atoms with Gasteiger partial charge in [0.2, 0.25) is 0 Å². The Morgan fingerprint density at radius 3 is 2.52 bits per heavy atom. The van der Waals surface area contributed by atoms with Gasteiger partial charge in [-0.3, -0.25) is 0 Å². The highest BCUT2D eigenvalue weighted by molar-refractivity contribution is 5.74. The molecule has 1 heterocycles. The van der Waals surface area contributed by atoms with Crippen molar-refractivity contribution in [3.8, 4) is 0 Å². The van der Waals surface area contributed by atoms with Crippen LogP contribution in [0.25, 0.3) is 0 Å². The number of nitrogens with zero attached hydrogens (tertiary/aromatic N) is 1. The van der Waals surface area contributed by atoms with Crippen LogP contribution in [-0.2, 0) is 5.41 Å². The number of hydrogen-bond donors (Lipinski definition) is 2. The third-order valence-corrected chi connectivity index (χ3v) is 4.88. The zero-order valence-corrected chi connectivity index (χ0v) is 12.8. The highest BCUT2D eigenvalue weighted by Gasteiger charge is 2.44. The molecular formula is C17H25N3O. The second-order valence-corrected chi connectivity index (χ2v) is 6.55. The maximum atomic E-state index is 12.1. The lowest BCUT2D eigenvalue weighted by molar-refractivity contribution is 0.213. The second-order valence-electron chi connectivity index (χ2n) is 6.55. The molecule has 3 rings (SSSR count). The molecule has 1 aromatic rings. The van der Waals surface area contributed by atoms with Crippen molar-refractivity contribution in [2.75, 3.05) is 26.7 Å². The predicted octanol–water partition coefficient (Wildman–Crippen LogP) is 2.11. The molecule has 2 aliphatic rings. The summed E-state index contributed by atoms with van der Waals surface area (Å²) < 4.78 is 0. The third-order valence-electron chi connectivity index (χ3n) is 4.88. The van der Waals surface area contributed by atoms with Gasteiger partial charge in [0.05, 0.1) is 0 Å². The van der Waals surface area contributed by atoms with Crippen molar-refractivity contribution < 1.29 is 4.79 Å². The first-order chi connectivity index (χ1) is 10.2. The molecule has 1 saturated carbocycles. The van der Waals surface area contributed by atoms with Crippen LogP contribution in [0.15, 0.2) is 30.3 Å². The first-order valence-corrected chi connectivity index (χ1v) is 7.96. The van der Waals surface area contributed by atoms with E-state index < -0.39 is 0 Å². The highest BCUT2D eigenvalue weighted by atomic mass is 16.2. The Kier molecular flexibility index (Phi) is 4.15. The molecule has 4 heteroatoms. The summed E-state index contributed by atoms with van der Waals surface area (Å²) in [5, 5.41) is 6.19. The van der Waals surface area contributed by atoms with E-state index in [1.807, 2.05) is 6.07 Å². The summed E-state index contributed by atoms with van der Waals surface area (Å²) in [6.45, 7) is 2.88. The number of carbonyl (C=O) groups excluding carboxylic acids is 1. The van der Waals surface area contributed by atoms with Crippen LogP contribution in [0.3, 0.4) is 0 Å². The number of hydrogen-bond acceptors (Lipinski definition) is 2. The first kappa shape index (κ1) is 14.4. The normalized spacial score (nSPS) is 21.8. The Morgan fingerprint density at radius 1 is 1.24 bits per heavy atom. The topological polar surface area (TPSA) is 44.4 Å². The molecule has 0 spiro atoms. The van der Waals surface area contributed by atoms with E-state index in [1.54, 1.807) is 0 Å². The average molecular weight is 287 g/mol. The van der Waals surface area contributed by atoms with Crippen LogP contribution in [0.4, 0.5) is 4.79 Å². The van der Waals surface area contributed by atoms with Crippen molar-refractivity contribution in [1.29, 1.82) is 0 Å². The van der Waals surface area contributed by atoms with Gasteiger partial charge >= 0.3 is 6.03 Å². The van der Waals surface area contributed by atoms with Gasteiger partial charge in [-0.25, -0.2) is 4.79 Å². The fourth-order valence-electron chi connectivity index (χ4n) is 3.15. The van der Waals surface area contributed by atoms with Crippen LogP contribution in [0.1, 0.15) is 31.2 Å². The Bertz CT molecular complexity index is 476. The summed E-state index contributed by atoms with van der Waals surface area (Å²) in [6, 6.07) is 10.9. The van der Waals surface area contributed by atoms with Gasteiger partial charge in [0.1, 0.15) is 0 Å². The number of benzene rings is 1. The van der Waals surface area contributed by atoms with Gasteiger partial charge in [-0.05, 0) is 51.4 Å². The fraction of sp³-hybridized carbons (Fsp3) is 0.588. The third kappa shape index (κ3) is 3.56. The van der Waals surface area contributed by atoms with E-state index in [4.69, 9.17) is 0 Å². The molecule has 1 aliphatic carbocycles. The van der Waals surface area contributed by atoms with Crippen LogP contribution in [0.5, 0.6) is 0 Å². The van der Waals surface area contributed by atoms with Gasteiger partial charge in [-0.1, -0.05) is 30.3 Å². The summed E-state index contributed by atoms with van der Waals surface area (Å²) in [4.78, 5) is 14.4. The number of carbonyl (C=O) groups is 1. The van der Waals surface area contributed by atoms with Crippen LogP contribution in [0, 0.1) is 0 Å². The molecule has 1 saturated heterocycles. The van der Waals surface area contributed by atoms with Crippen molar-refractivity contribution in [2.45, 2.75) is 37.1 Å². The molecule has 4 nitrogen and oxygen atoms in total. The number of piperidine rings is 1. The molecule has 2 N–H and O–H groups in total. The van der Waals surface area contributed by atoms with Crippen molar-refractivity contribution in [2.24, 2.45) is 0 Å². The van der Waals surface area contributed by atoms with Gasteiger partial charge in [0, 0.05) is 18.0 Å². The second kappa shape index (κ2) is 6.06. The van der Waals surface area contributed by atoms with E-state index in [0.717, 1.165) is 32.5 Å². The smallest absolute Gasteiger partial charge is 0.315 e. The minimum Gasteiger partial charge on any atom is -0.337 e. The van der Waals surface area contributed by atoms with Crippen molar-refractivity contribution in [1.82, 2.24) is 15.5 Å². The van der Waals surface area contributed by atoms with Crippen molar-refractivity contribution >= 4 is 6.03 Å². The number of nitrogens with one attached hydrogen (secondary N) is 2. The predicted molar refractivity (Wildman–Crippen MR) is 84.4 cm³/mol. The number of urea groups is 1. The van der Waals surface area contributed by atoms with Gasteiger partial charge in [-0.2, -0.15) is 0 Å². The molecule has 114 valence electrons. The molecule has 0 unspecified atom stereocenters. The SMILES string of the molecule is CN1CCC(NC(=O)NCC2(c3ccccc3)CC2)CC1. The fourth-order valence-corrected chi connectivity index (χ4v) is 3.15. The lowest BCUT2D eigenvalue weighted by Crippen LogP contribution is -2.48. The van der Waals surface area contributed by atoms with E-state index >= 15 is 0 Å². The molecule has 0 aromatic heterocycles. The summed E-state index contributed by atoms with van der Waals surface area (Å²) in [7, 11) is 2.13. The monoisotopic (exact) mass is 287 g/mol. The number of likely N-dealkylation sites (tertiary alicyclic amines) is 1. The van der Waals surface area contributed by atoms with Crippen LogP contribution < -0.4 is 10.6 Å². The summed E-state index contributed by atoms with van der Waals surface area (Å²) in [5.41, 5.74) is 1.54. The molecule has 0 radical (unpaired) electrons. The van der Waals surface area contributed by atoms with Crippen LogP contribution in [-0.4, -0.2) is 43.7 Å². The van der Waals surface area contributed by atoms with E-state index in [1.165, 1.54) is 18.4 Å². The molecule has 0 atom stereocenters. The summed E-state index contributed by atoms with van der Waals surface area (Å²) in [5.74, 6) is 0. The molecule has 1 aliphatic heterocycles. The van der Waals surface area contributed by atoms with Crippen LogP contribution >= 0.6 is 0 Å². The van der Waals surface area contributed by atoms with E-state index in [2.05, 4.69) is 46.8 Å². The zero-order valence-electron chi connectivity index (χ0n) is 12.8. The lowest BCUT2D eigenvalue weighted by atomic mass is 9.96. The Hall–Kier alpha value is -1.55. The minimum absolute atomic E-state index is 0.00763. The van der Waals surface area contributed by atoms with E-state index in [9.17, 15) is 4.79 Å². The zero-order chi connectivity index (χ0) is 14.7. The minimum atomic E-state index is -0.00763. The molecule has 21 heavy (non-hydrogen) atoms. The van der Waals surface area contributed by atoms with Gasteiger partial charge in [-0.15, -0.1) is 0 Å². The Labute approximate surface area is 126 Å². The van der Waals surface area contributed by atoms with Gasteiger partial charge in [0.25, 0.3) is 0 Å². The number of amides is 2. The quantitative estimate of drug-likeness (QED) is 0.891. The van der Waals surface area contributed by atoms with Crippen LogP contribution in [0.2, 0.25) is 0 Å². The molecule has 0 bridgehead atoms. The standard InChI is InChI=1S/C17H25N3O/c1-20-11-7-15(8-12-20)19-16(21)18-13-17(9-10-17)14-5-3-2-4-6-14/h2-6,15H,7-13H2,1H3,(H2,18,19,21). The van der Waals surface area contributed by atoms with E-state index in [0.29, 0.717) is 6.04 Å².